The van der Waals surface area contributed by atoms with Crippen molar-refractivity contribution in [1.82, 2.24) is 0 Å². The molecule has 0 spiro atoms. The second-order valence-electron chi connectivity index (χ2n) is 8.22. The Morgan fingerprint density at radius 3 is 2.00 bits per heavy atom. The Balaban J connectivity index is 1.84. The number of benzene rings is 3. The average Bonchev–Trinajstić information content (AvgIpc) is 3.24. The van der Waals surface area contributed by atoms with Gasteiger partial charge < -0.3 is 0 Å². The summed E-state index contributed by atoms with van der Waals surface area (Å²) in [5.74, 6) is -0.0336. The number of anilines is 1. The highest BCUT2D eigenvalue weighted by atomic mass is 35.5. The number of azo groups is 1. The minimum atomic E-state index is -0.973. The first-order chi connectivity index (χ1) is 14.9. The molecule has 0 N–H and O–H groups in total. The number of halogens is 2. The summed E-state index contributed by atoms with van der Waals surface area (Å²) in [5, 5.41) is 10.7. The van der Waals surface area contributed by atoms with Crippen LogP contribution in [0.5, 0.6) is 0 Å². The maximum absolute atomic E-state index is 13.9. The Kier molecular flexibility index (Phi) is 4.54. The first-order valence-electron chi connectivity index (χ1n) is 9.95. The zero-order valence-electron chi connectivity index (χ0n) is 17.0. The van der Waals surface area contributed by atoms with E-state index in [0.29, 0.717) is 15.7 Å². The van der Waals surface area contributed by atoms with Gasteiger partial charge in [-0.05, 0) is 55.8 Å². The second-order valence-corrected chi connectivity index (χ2v) is 9.10. The van der Waals surface area contributed by atoms with Gasteiger partial charge in [-0.15, -0.1) is 0 Å². The van der Waals surface area contributed by atoms with Crippen LogP contribution < -0.4 is 4.90 Å². The molecule has 0 aliphatic carbocycles. The van der Waals surface area contributed by atoms with E-state index in [9.17, 15) is 4.79 Å². The van der Waals surface area contributed by atoms with Crippen molar-refractivity contribution in [2.75, 3.05) is 4.90 Å². The van der Waals surface area contributed by atoms with E-state index < -0.39 is 11.0 Å². The van der Waals surface area contributed by atoms with Crippen LogP contribution in [0.2, 0.25) is 10.0 Å². The summed E-state index contributed by atoms with van der Waals surface area (Å²) in [5.41, 5.74) is 2.07. The summed E-state index contributed by atoms with van der Waals surface area (Å²) in [4.78, 5) is 15.6. The van der Waals surface area contributed by atoms with Gasteiger partial charge in [0.05, 0.1) is 11.1 Å². The normalized spacial score (nSPS) is 21.7. The number of hydrogen-bond acceptors (Lipinski definition) is 3. The van der Waals surface area contributed by atoms with Crippen molar-refractivity contribution in [3.8, 4) is 0 Å². The molecule has 6 heteroatoms. The third kappa shape index (κ3) is 2.79. The highest BCUT2D eigenvalue weighted by Crippen LogP contribution is 2.61. The molecule has 154 valence electrons. The molecule has 0 aromatic heterocycles. The molecular weight excluding hydrogens is 429 g/mol. The van der Waals surface area contributed by atoms with E-state index in [1.807, 2.05) is 92.7 Å². The molecule has 1 amide bonds. The lowest BCUT2D eigenvalue weighted by Crippen LogP contribution is -2.39. The Morgan fingerprint density at radius 2 is 1.39 bits per heavy atom. The van der Waals surface area contributed by atoms with E-state index in [0.717, 1.165) is 22.5 Å². The minimum absolute atomic E-state index is 0.0336. The molecule has 2 aliphatic rings. The van der Waals surface area contributed by atoms with Crippen molar-refractivity contribution in [3.63, 3.8) is 0 Å². The maximum Gasteiger partial charge on any atom is 0.240 e. The largest absolute Gasteiger partial charge is 0.279 e. The molecule has 3 aromatic rings. The lowest BCUT2D eigenvalue weighted by atomic mass is 9.69. The zero-order valence-corrected chi connectivity index (χ0v) is 18.5. The molecule has 3 aromatic carbocycles. The number of nitrogens with zero attached hydrogens (tertiary/aromatic N) is 3. The second kappa shape index (κ2) is 7.04. The van der Waals surface area contributed by atoms with Crippen LogP contribution in [-0.4, -0.2) is 5.91 Å². The summed E-state index contributed by atoms with van der Waals surface area (Å²) in [7, 11) is 0. The van der Waals surface area contributed by atoms with Gasteiger partial charge in [0.1, 0.15) is 5.70 Å². The Bertz CT molecular complexity index is 1230. The molecule has 0 bridgehead atoms. The van der Waals surface area contributed by atoms with Crippen molar-refractivity contribution in [2.45, 2.75) is 19.4 Å². The Hall–Kier alpha value is -2.95. The summed E-state index contributed by atoms with van der Waals surface area (Å²) >= 11 is 12.3. The first kappa shape index (κ1) is 20.0. The van der Waals surface area contributed by atoms with Crippen molar-refractivity contribution >= 4 is 40.5 Å². The monoisotopic (exact) mass is 447 g/mol. The first-order valence-corrected chi connectivity index (χ1v) is 10.7. The number of para-hydroxylation sites is 1. The van der Waals surface area contributed by atoms with E-state index in [1.54, 1.807) is 4.90 Å². The molecular formula is C25H19Cl2N3O. The molecule has 2 heterocycles. The molecule has 0 radical (unpaired) electrons. The number of hydrogen-bond donors (Lipinski definition) is 0. The predicted molar refractivity (Wildman–Crippen MR) is 124 cm³/mol. The highest BCUT2D eigenvalue weighted by molar-refractivity contribution is 6.30. The fourth-order valence-corrected chi connectivity index (χ4v) is 4.74. The number of carbonyl (C=O) groups excluding carboxylic acids is 1. The Morgan fingerprint density at radius 1 is 0.806 bits per heavy atom. The van der Waals surface area contributed by atoms with Crippen molar-refractivity contribution in [1.29, 1.82) is 0 Å². The number of rotatable bonds is 3. The van der Waals surface area contributed by atoms with E-state index in [2.05, 4.69) is 5.11 Å². The van der Waals surface area contributed by atoms with Gasteiger partial charge in [0.15, 0.2) is 5.54 Å². The molecule has 0 unspecified atom stereocenters. The third-order valence-corrected chi connectivity index (χ3v) is 6.63. The highest BCUT2D eigenvalue weighted by Gasteiger charge is 2.66. The standard InChI is InChI=1S/C25H19Cl2N3O/c1-24(2)23(31)30(20-6-4-3-5-7-20)22-21(16-8-12-18(26)13-9-16)28-29-25(22,24)17-10-14-19(27)15-11-17/h3-15H,1-2H3/t25-/m1/s1. The number of carbonyl (C=O) groups is 1. The number of fused-ring (bicyclic) bond motifs is 1. The third-order valence-electron chi connectivity index (χ3n) is 6.13. The fourth-order valence-electron chi connectivity index (χ4n) is 4.49. The number of amides is 1. The van der Waals surface area contributed by atoms with Crippen LogP contribution in [0.3, 0.4) is 0 Å². The van der Waals surface area contributed by atoms with Crippen LogP contribution in [0, 0.1) is 5.41 Å². The quantitative estimate of drug-likeness (QED) is 0.422. The van der Waals surface area contributed by atoms with Crippen molar-refractivity contribution in [2.24, 2.45) is 15.6 Å². The molecule has 2 aliphatic heterocycles. The van der Waals surface area contributed by atoms with Gasteiger partial charge in [-0.2, -0.15) is 10.2 Å². The molecule has 31 heavy (non-hydrogen) atoms. The van der Waals surface area contributed by atoms with Gasteiger partial charge in [0, 0.05) is 21.3 Å². The fraction of sp³-hybridized carbons (Fsp3) is 0.160. The lowest BCUT2D eigenvalue weighted by molar-refractivity contribution is -0.125. The van der Waals surface area contributed by atoms with E-state index in [-0.39, 0.29) is 5.91 Å². The summed E-state index contributed by atoms with van der Waals surface area (Å²) in [6.45, 7) is 3.85. The summed E-state index contributed by atoms with van der Waals surface area (Å²) in [6.07, 6.45) is 0. The van der Waals surface area contributed by atoms with Gasteiger partial charge in [0.25, 0.3) is 0 Å². The van der Waals surface area contributed by atoms with Crippen molar-refractivity contribution in [3.05, 3.63) is 106 Å². The average molecular weight is 448 g/mol. The smallest absolute Gasteiger partial charge is 0.240 e. The molecule has 0 saturated carbocycles. The molecule has 5 rings (SSSR count). The van der Waals surface area contributed by atoms with Crippen LogP contribution in [0.1, 0.15) is 25.0 Å². The minimum Gasteiger partial charge on any atom is -0.279 e. The zero-order chi connectivity index (χ0) is 21.8. The maximum atomic E-state index is 13.9. The molecule has 1 atom stereocenters. The van der Waals surface area contributed by atoms with Gasteiger partial charge in [-0.1, -0.05) is 65.7 Å². The van der Waals surface area contributed by atoms with Crippen LogP contribution in [0.25, 0.3) is 5.70 Å². The van der Waals surface area contributed by atoms with E-state index in [4.69, 9.17) is 28.3 Å². The molecule has 1 saturated heterocycles. The van der Waals surface area contributed by atoms with Crippen LogP contribution in [-0.2, 0) is 10.3 Å². The summed E-state index contributed by atoms with van der Waals surface area (Å²) < 4.78 is 0. The van der Waals surface area contributed by atoms with Crippen LogP contribution in [0.15, 0.2) is 94.8 Å². The van der Waals surface area contributed by atoms with Crippen LogP contribution >= 0.6 is 23.2 Å². The molecule has 1 fully saturated rings. The topological polar surface area (TPSA) is 45.0 Å². The Labute approximate surface area is 190 Å². The summed E-state index contributed by atoms with van der Waals surface area (Å²) in [6, 6.07) is 24.6. The van der Waals surface area contributed by atoms with Gasteiger partial charge in [0.2, 0.25) is 5.91 Å². The van der Waals surface area contributed by atoms with Gasteiger partial charge >= 0.3 is 0 Å². The predicted octanol–water partition coefficient (Wildman–Crippen LogP) is 7.10. The van der Waals surface area contributed by atoms with E-state index >= 15 is 0 Å². The van der Waals surface area contributed by atoms with Crippen LogP contribution in [0.4, 0.5) is 5.69 Å². The van der Waals surface area contributed by atoms with Gasteiger partial charge in [-0.3, -0.25) is 9.69 Å². The SMILES string of the molecule is CC1(C)C(=O)N(c2ccccc2)C2=C(c3ccc(Cl)cc3)N=N[C@]21c1ccc(Cl)cc1. The van der Waals surface area contributed by atoms with Crippen molar-refractivity contribution < 1.29 is 4.79 Å². The lowest BCUT2D eigenvalue weighted by Gasteiger charge is -2.33. The molecule has 4 nitrogen and oxygen atoms in total. The van der Waals surface area contributed by atoms with E-state index in [1.165, 1.54) is 0 Å². The van der Waals surface area contributed by atoms with Gasteiger partial charge in [-0.25, -0.2) is 0 Å².